The van der Waals surface area contributed by atoms with E-state index in [2.05, 4.69) is 27.4 Å². The second-order valence-electron chi connectivity index (χ2n) is 6.09. The van der Waals surface area contributed by atoms with E-state index in [4.69, 9.17) is 9.47 Å². The fraction of sp³-hybridized carbons (Fsp3) is 0.333. The average molecular weight is 431 g/mol. The van der Waals surface area contributed by atoms with Gasteiger partial charge in [-0.3, -0.25) is 0 Å². The van der Waals surface area contributed by atoms with Crippen molar-refractivity contribution in [2.75, 3.05) is 13.2 Å². The van der Waals surface area contributed by atoms with Gasteiger partial charge in [-0.1, -0.05) is 28.9 Å². The summed E-state index contributed by atoms with van der Waals surface area (Å²) in [5.74, 6) is 0.0375. The molecule has 0 aliphatic heterocycles. The molecule has 1 aromatic carbocycles. The second kappa shape index (κ2) is 9.98. The van der Waals surface area contributed by atoms with Crippen molar-refractivity contribution in [2.45, 2.75) is 33.7 Å². The summed E-state index contributed by atoms with van der Waals surface area (Å²) in [6.07, 6.45) is 2.61. The first kappa shape index (κ1) is 20.8. The minimum absolute atomic E-state index is 0.0193. The minimum atomic E-state index is -0.643. The standard InChI is InChI=1S/C21H23BrN2O3/c1-4-8-24-15(2)11-17(16(24)3)12-18(14-23)21(25)27-10-9-26-20-7-5-6-19(22)13-20/h5-7,11-13H,4,8-10H2,1-3H3/b18-12+. The Hall–Kier alpha value is -2.52. The zero-order chi connectivity index (χ0) is 19.8. The Bertz CT molecular complexity index is 878. The fourth-order valence-electron chi connectivity index (χ4n) is 2.76. The first-order chi connectivity index (χ1) is 13.0. The van der Waals surface area contributed by atoms with Crippen molar-refractivity contribution in [1.82, 2.24) is 4.57 Å². The van der Waals surface area contributed by atoms with Crippen LogP contribution in [0.4, 0.5) is 0 Å². The van der Waals surface area contributed by atoms with Crippen LogP contribution in [0.1, 0.15) is 30.3 Å². The van der Waals surface area contributed by atoms with Crippen molar-refractivity contribution in [1.29, 1.82) is 5.26 Å². The Morgan fingerprint density at radius 3 is 2.74 bits per heavy atom. The molecule has 0 bridgehead atoms. The highest BCUT2D eigenvalue weighted by Crippen LogP contribution is 2.19. The van der Waals surface area contributed by atoms with Crippen molar-refractivity contribution >= 4 is 28.0 Å². The molecule has 142 valence electrons. The van der Waals surface area contributed by atoms with Gasteiger partial charge >= 0.3 is 5.97 Å². The number of hydrogen-bond donors (Lipinski definition) is 0. The van der Waals surface area contributed by atoms with Crippen LogP contribution in [0.15, 0.2) is 40.4 Å². The molecule has 0 atom stereocenters. The largest absolute Gasteiger partial charge is 0.490 e. The van der Waals surface area contributed by atoms with E-state index in [1.165, 1.54) is 0 Å². The number of hydrogen-bond acceptors (Lipinski definition) is 4. The SMILES string of the molecule is CCCn1c(C)cc(/C=C(\C#N)C(=O)OCCOc2cccc(Br)c2)c1C. The van der Waals surface area contributed by atoms with Crippen molar-refractivity contribution < 1.29 is 14.3 Å². The number of aryl methyl sites for hydroxylation is 1. The van der Waals surface area contributed by atoms with Crippen molar-refractivity contribution in [3.8, 4) is 11.8 Å². The quantitative estimate of drug-likeness (QED) is 0.261. The number of esters is 1. The number of nitriles is 1. The third-order valence-electron chi connectivity index (χ3n) is 4.08. The highest BCUT2D eigenvalue weighted by molar-refractivity contribution is 9.10. The molecule has 0 spiro atoms. The van der Waals surface area contributed by atoms with Crippen LogP contribution >= 0.6 is 15.9 Å². The molecule has 0 saturated heterocycles. The van der Waals surface area contributed by atoms with Gasteiger partial charge in [-0.05, 0) is 56.2 Å². The van der Waals surface area contributed by atoms with E-state index in [1.807, 2.05) is 50.2 Å². The van der Waals surface area contributed by atoms with Crippen LogP contribution in [0.3, 0.4) is 0 Å². The molecule has 1 aromatic heterocycles. The molecule has 2 aromatic rings. The number of aromatic nitrogens is 1. The number of benzene rings is 1. The van der Waals surface area contributed by atoms with Gasteiger partial charge in [-0.25, -0.2) is 4.79 Å². The van der Waals surface area contributed by atoms with E-state index >= 15 is 0 Å². The van der Waals surface area contributed by atoms with Crippen LogP contribution in [0.25, 0.3) is 6.08 Å². The Balaban J connectivity index is 1.96. The molecule has 0 N–H and O–H groups in total. The van der Waals surface area contributed by atoms with Crippen molar-refractivity contribution in [3.05, 3.63) is 57.3 Å². The lowest BCUT2D eigenvalue weighted by molar-refractivity contribution is -0.139. The number of halogens is 1. The lowest BCUT2D eigenvalue weighted by Crippen LogP contribution is -2.13. The summed E-state index contributed by atoms with van der Waals surface area (Å²) < 4.78 is 13.8. The molecular formula is C21H23BrN2O3. The monoisotopic (exact) mass is 430 g/mol. The van der Waals surface area contributed by atoms with Gasteiger partial charge in [0.05, 0.1) is 0 Å². The topological polar surface area (TPSA) is 64.2 Å². The Labute approximate surface area is 168 Å². The third kappa shape index (κ3) is 5.73. The maximum atomic E-state index is 12.2. The lowest BCUT2D eigenvalue weighted by Gasteiger charge is -2.08. The Morgan fingerprint density at radius 2 is 2.07 bits per heavy atom. The number of ether oxygens (including phenoxy) is 2. The van der Waals surface area contributed by atoms with Gasteiger partial charge in [0, 0.05) is 22.4 Å². The third-order valence-corrected chi connectivity index (χ3v) is 4.57. The van der Waals surface area contributed by atoms with Crippen molar-refractivity contribution in [2.24, 2.45) is 0 Å². The Kier molecular flexibility index (Phi) is 7.68. The van der Waals surface area contributed by atoms with Crippen LogP contribution < -0.4 is 4.74 Å². The molecular weight excluding hydrogens is 408 g/mol. The predicted molar refractivity (Wildman–Crippen MR) is 108 cm³/mol. The summed E-state index contributed by atoms with van der Waals surface area (Å²) in [7, 11) is 0. The highest BCUT2D eigenvalue weighted by Gasteiger charge is 2.14. The van der Waals surface area contributed by atoms with Crippen LogP contribution in [-0.2, 0) is 16.1 Å². The average Bonchev–Trinajstić information content (AvgIpc) is 2.91. The maximum Gasteiger partial charge on any atom is 0.349 e. The molecule has 0 aliphatic carbocycles. The zero-order valence-electron chi connectivity index (χ0n) is 15.8. The van der Waals surface area contributed by atoms with Crippen LogP contribution in [0.5, 0.6) is 5.75 Å². The summed E-state index contributed by atoms with van der Waals surface area (Å²) in [6, 6.07) is 11.3. The molecule has 5 nitrogen and oxygen atoms in total. The van der Waals surface area contributed by atoms with Gasteiger partial charge in [0.15, 0.2) is 0 Å². The summed E-state index contributed by atoms with van der Waals surface area (Å²) in [5, 5.41) is 9.33. The van der Waals surface area contributed by atoms with Gasteiger partial charge in [-0.15, -0.1) is 0 Å². The van der Waals surface area contributed by atoms with Gasteiger partial charge in [0.25, 0.3) is 0 Å². The second-order valence-corrected chi connectivity index (χ2v) is 7.01. The van der Waals surface area contributed by atoms with Crippen molar-refractivity contribution in [3.63, 3.8) is 0 Å². The summed E-state index contributed by atoms with van der Waals surface area (Å²) in [4.78, 5) is 12.2. The van der Waals surface area contributed by atoms with E-state index in [9.17, 15) is 10.1 Å². The van der Waals surface area contributed by atoms with E-state index < -0.39 is 5.97 Å². The maximum absolute atomic E-state index is 12.2. The lowest BCUT2D eigenvalue weighted by atomic mass is 10.1. The number of rotatable bonds is 8. The highest BCUT2D eigenvalue weighted by atomic mass is 79.9. The summed E-state index contributed by atoms with van der Waals surface area (Å²) in [6.45, 7) is 7.31. The molecule has 0 saturated carbocycles. The number of carbonyl (C=O) groups excluding carboxylic acids is 1. The minimum Gasteiger partial charge on any atom is -0.490 e. The molecule has 0 amide bonds. The van der Waals surface area contributed by atoms with Gasteiger partial charge in [0.1, 0.15) is 30.6 Å². The molecule has 0 aliphatic rings. The normalized spacial score (nSPS) is 11.1. The van der Waals surface area contributed by atoms with Crippen LogP contribution in [0, 0.1) is 25.2 Å². The summed E-state index contributed by atoms with van der Waals surface area (Å²) in [5.41, 5.74) is 2.98. The first-order valence-electron chi connectivity index (χ1n) is 8.80. The smallest absolute Gasteiger partial charge is 0.349 e. The van der Waals surface area contributed by atoms with Gasteiger partial charge in [-0.2, -0.15) is 5.26 Å². The van der Waals surface area contributed by atoms with Crippen LogP contribution in [0.2, 0.25) is 0 Å². The van der Waals surface area contributed by atoms with Crippen LogP contribution in [-0.4, -0.2) is 23.8 Å². The molecule has 0 unspecified atom stereocenters. The number of nitrogens with zero attached hydrogens (tertiary/aromatic N) is 2. The molecule has 27 heavy (non-hydrogen) atoms. The van der Waals surface area contributed by atoms with Gasteiger partial charge in [0.2, 0.25) is 0 Å². The van der Waals surface area contributed by atoms with E-state index in [-0.39, 0.29) is 18.8 Å². The van der Waals surface area contributed by atoms with E-state index in [0.717, 1.165) is 34.4 Å². The molecule has 1 heterocycles. The predicted octanol–water partition coefficient (Wildman–Crippen LogP) is 4.81. The molecule has 2 rings (SSSR count). The fourth-order valence-corrected chi connectivity index (χ4v) is 3.14. The van der Waals surface area contributed by atoms with E-state index in [1.54, 1.807) is 6.08 Å². The van der Waals surface area contributed by atoms with Gasteiger partial charge < -0.3 is 14.0 Å². The Morgan fingerprint density at radius 1 is 1.30 bits per heavy atom. The zero-order valence-corrected chi connectivity index (χ0v) is 17.4. The molecule has 0 fully saturated rings. The molecule has 0 radical (unpaired) electrons. The number of carbonyl (C=O) groups is 1. The first-order valence-corrected chi connectivity index (χ1v) is 9.59. The summed E-state index contributed by atoms with van der Waals surface area (Å²) >= 11 is 3.37. The van der Waals surface area contributed by atoms with E-state index in [0.29, 0.717) is 5.75 Å². The molecule has 6 heteroatoms.